The fourth-order valence-electron chi connectivity index (χ4n) is 2.64. The van der Waals surface area contributed by atoms with Crippen molar-refractivity contribution in [3.63, 3.8) is 0 Å². The zero-order chi connectivity index (χ0) is 16.5. The van der Waals surface area contributed by atoms with Crippen LogP contribution in [0.1, 0.15) is 19.8 Å². The quantitative estimate of drug-likeness (QED) is 0.518. The molecule has 2 aromatic carbocycles. The number of hydrogen-bond acceptors (Lipinski definition) is 3. The Morgan fingerprint density at radius 2 is 1.48 bits per heavy atom. The second-order valence-electron chi connectivity index (χ2n) is 5.53. The van der Waals surface area contributed by atoms with E-state index < -0.39 is 7.14 Å². The largest absolute Gasteiger partial charge is 0.359 e. The molecule has 0 saturated carbocycles. The highest BCUT2D eigenvalue weighted by atomic mass is 31.2. The van der Waals surface area contributed by atoms with Gasteiger partial charge in [-0.15, -0.1) is 0 Å². The summed E-state index contributed by atoms with van der Waals surface area (Å²) in [6.07, 6.45) is 2.30. The Morgan fingerprint density at radius 3 is 1.91 bits per heavy atom. The molecule has 1 unspecified atom stereocenters. The molecule has 0 amide bonds. The summed E-state index contributed by atoms with van der Waals surface area (Å²) >= 11 is 0. The van der Waals surface area contributed by atoms with Gasteiger partial charge in [-0.3, -0.25) is 0 Å². The molecule has 0 heterocycles. The Hall–Kier alpha value is -1.41. The van der Waals surface area contributed by atoms with Crippen LogP contribution in [0.25, 0.3) is 0 Å². The molecule has 23 heavy (non-hydrogen) atoms. The molecule has 4 heteroatoms. The lowest BCUT2D eigenvalue weighted by Crippen LogP contribution is -2.22. The molecule has 0 spiro atoms. The Bertz CT molecular complexity index is 570. The van der Waals surface area contributed by atoms with Gasteiger partial charge in [0.1, 0.15) is 13.9 Å². The van der Waals surface area contributed by atoms with Gasteiger partial charge in [0, 0.05) is 23.9 Å². The van der Waals surface area contributed by atoms with E-state index in [1.807, 2.05) is 60.7 Å². The van der Waals surface area contributed by atoms with Crippen LogP contribution in [0, 0.1) is 0 Å². The molecular weight excluding hydrogens is 307 g/mol. The van der Waals surface area contributed by atoms with Crippen LogP contribution in [0.5, 0.6) is 0 Å². The average Bonchev–Trinajstić information content (AvgIpc) is 2.63. The fourth-order valence-corrected chi connectivity index (χ4v) is 5.41. The van der Waals surface area contributed by atoms with E-state index in [0.29, 0.717) is 6.16 Å². The third kappa shape index (κ3) is 4.78. The van der Waals surface area contributed by atoms with Crippen molar-refractivity contribution in [1.29, 1.82) is 0 Å². The maximum atomic E-state index is 13.8. The Labute approximate surface area is 139 Å². The van der Waals surface area contributed by atoms with Gasteiger partial charge in [0.25, 0.3) is 0 Å². The van der Waals surface area contributed by atoms with Crippen LogP contribution >= 0.6 is 7.14 Å². The van der Waals surface area contributed by atoms with Gasteiger partial charge in [-0.2, -0.15) is 0 Å². The molecule has 0 aromatic heterocycles. The van der Waals surface area contributed by atoms with Crippen molar-refractivity contribution >= 4 is 17.8 Å². The SMILES string of the molecule is CCC(CCP(=O)(c1ccccc1)c1ccccc1)OCOC. The molecule has 2 rings (SSSR count). The molecule has 0 aliphatic rings. The van der Waals surface area contributed by atoms with Crippen molar-refractivity contribution in [3.05, 3.63) is 60.7 Å². The Balaban J connectivity index is 2.23. The zero-order valence-corrected chi connectivity index (χ0v) is 14.7. The van der Waals surface area contributed by atoms with E-state index in [0.717, 1.165) is 23.5 Å². The van der Waals surface area contributed by atoms with Gasteiger partial charge < -0.3 is 14.0 Å². The fraction of sp³-hybridized carbons (Fsp3) is 0.368. The summed E-state index contributed by atoms with van der Waals surface area (Å²) in [6.45, 7) is 2.36. The summed E-state index contributed by atoms with van der Waals surface area (Å²) in [6, 6.07) is 19.6. The number of methoxy groups -OCH3 is 1. The first-order chi connectivity index (χ1) is 11.2. The summed E-state index contributed by atoms with van der Waals surface area (Å²) in [7, 11) is -1.03. The minimum atomic E-state index is -2.64. The predicted octanol–water partition coefficient (Wildman–Crippen LogP) is 3.79. The number of hydrogen-bond donors (Lipinski definition) is 0. The molecule has 0 fully saturated rings. The van der Waals surface area contributed by atoms with E-state index in [-0.39, 0.29) is 12.9 Å². The molecule has 0 radical (unpaired) electrons. The highest BCUT2D eigenvalue weighted by molar-refractivity contribution is 7.78. The summed E-state index contributed by atoms with van der Waals surface area (Å²) in [5, 5.41) is 1.82. The van der Waals surface area contributed by atoms with Crippen LogP contribution < -0.4 is 10.6 Å². The van der Waals surface area contributed by atoms with Crippen LogP contribution in [0.4, 0.5) is 0 Å². The van der Waals surface area contributed by atoms with Crippen molar-refractivity contribution in [2.24, 2.45) is 0 Å². The second kappa shape index (κ2) is 9.02. The van der Waals surface area contributed by atoms with E-state index in [1.165, 1.54) is 0 Å². The lowest BCUT2D eigenvalue weighted by molar-refractivity contribution is -0.0731. The third-order valence-corrected chi connectivity index (χ3v) is 7.14. The lowest BCUT2D eigenvalue weighted by atomic mass is 10.2. The predicted molar refractivity (Wildman–Crippen MR) is 96.3 cm³/mol. The van der Waals surface area contributed by atoms with E-state index in [9.17, 15) is 4.57 Å². The Kier molecular flexibility index (Phi) is 7.04. The zero-order valence-electron chi connectivity index (χ0n) is 13.9. The normalized spacial score (nSPS) is 13.0. The molecule has 1 atom stereocenters. The average molecular weight is 332 g/mol. The third-order valence-electron chi connectivity index (χ3n) is 3.99. The van der Waals surface area contributed by atoms with Crippen LogP contribution in [0.3, 0.4) is 0 Å². The smallest absolute Gasteiger partial charge is 0.146 e. The molecule has 3 nitrogen and oxygen atoms in total. The molecule has 2 aromatic rings. The highest BCUT2D eigenvalue weighted by Gasteiger charge is 2.27. The van der Waals surface area contributed by atoms with Gasteiger partial charge in [0.05, 0.1) is 6.10 Å². The first-order valence-electron chi connectivity index (χ1n) is 8.01. The summed E-state index contributed by atoms with van der Waals surface area (Å²) < 4.78 is 24.5. The maximum absolute atomic E-state index is 13.8. The van der Waals surface area contributed by atoms with Crippen LogP contribution in [-0.4, -0.2) is 26.2 Å². The van der Waals surface area contributed by atoms with Gasteiger partial charge in [0.15, 0.2) is 0 Å². The van der Waals surface area contributed by atoms with E-state index in [2.05, 4.69) is 6.92 Å². The topological polar surface area (TPSA) is 35.5 Å². The maximum Gasteiger partial charge on any atom is 0.146 e. The summed E-state index contributed by atoms with van der Waals surface area (Å²) in [5.74, 6) is 0. The standard InChI is InChI=1S/C19H25O3P/c1-3-17(22-16-21-2)14-15-23(20,18-10-6-4-7-11-18)19-12-8-5-9-13-19/h4-13,17H,3,14-16H2,1-2H3. The molecule has 0 saturated heterocycles. The number of ether oxygens (including phenoxy) is 2. The first-order valence-corrected chi connectivity index (χ1v) is 9.90. The minimum absolute atomic E-state index is 0.0655. The van der Waals surface area contributed by atoms with Crippen LogP contribution in [0.2, 0.25) is 0 Å². The molecule has 0 bridgehead atoms. The van der Waals surface area contributed by atoms with Gasteiger partial charge in [0.2, 0.25) is 0 Å². The van der Waals surface area contributed by atoms with E-state index in [4.69, 9.17) is 9.47 Å². The van der Waals surface area contributed by atoms with Crippen molar-refractivity contribution in [1.82, 2.24) is 0 Å². The first kappa shape index (κ1) is 17.9. The molecule has 0 aliphatic heterocycles. The van der Waals surface area contributed by atoms with Crippen molar-refractivity contribution in [3.8, 4) is 0 Å². The summed E-state index contributed by atoms with van der Waals surface area (Å²) in [4.78, 5) is 0. The highest BCUT2D eigenvalue weighted by Crippen LogP contribution is 2.44. The van der Waals surface area contributed by atoms with Crippen LogP contribution in [-0.2, 0) is 14.0 Å². The van der Waals surface area contributed by atoms with Crippen molar-refractivity contribution < 1.29 is 14.0 Å². The molecule has 124 valence electrons. The number of benzene rings is 2. The molecule has 0 N–H and O–H groups in total. The van der Waals surface area contributed by atoms with Crippen molar-refractivity contribution in [2.75, 3.05) is 20.1 Å². The van der Waals surface area contributed by atoms with Gasteiger partial charge in [-0.05, 0) is 12.8 Å². The van der Waals surface area contributed by atoms with Gasteiger partial charge in [-0.25, -0.2) is 0 Å². The number of rotatable bonds is 9. The van der Waals surface area contributed by atoms with Gasteiger partial charge in [-0.1, -0.05) is 67.6 Å². The minimum Gasteiger partial charge on any atom is -0.359 e. The molecule has 0 aliphatic carbocycles. The van der Waals surface area contributed by atoms with Crippen molar-refractivity contribution in [2.45, 2.75) is 25.9 Å². The summed E-state index contributed by atoms with van der Waals surface area (Å²) in [5.41, 5.74) is 0. The van der Waals surface area contributed by atoms with Crippen LogP contribution in [0.15, 0.2) is 60.7 Å². The monoisotopic (exact) mass is 332 g/mol. The Morgan fingerprint density at radius 1 is 0.957 bits per heavy atom. The van der Waals surface area contributed by atoms with Gasteiger partial charge >= 0.3 is 0 Å². The second-order valence-corrected chi connectivity index (χ2v) is 8.49. The lowest BCUT2D eigenvalue weighted by Gasteiger charge is -2.22. The van der Waals surface area contributed by atoms with E-state index >= 15 is 0 Å². The van der Waals surface area contributed by atoms with E-state index in [1.54, 1.807) is 7.11 Å². The molecular formula is C19H25O3P.